The number of nitrogens with one attached hydrogen (secondary N) is 2. The first-order valence-electron chi connectivity index (χ1n) is 4.99. The van der Waals surface area contributed by atoms with Crippen LogP contribution < -0.4 is 5.32 Å². The van der Waals surface area contributed by atoms with Crippen molar-refractivity contribution in [2.24, 2.45) is 0 Å². The van der Waals surface area contributed by atoms with Crippen LogP contribution in [0.2, 0.25) is 5.28 Å². The van der Waals surface area contributed by atoms with E-state index in [1.54, 1.807) is 6.20 Å². The number of aromatic amines is 1. The van der Waals surface area contributed by atoms with Gasteiger partial charge >= 0.3 is 0 Å². The summed E-state index contributed by atoms with van der Waals surface area (Å²) in [5.41, 5.74) is 0.624. The second-order valence-corrected chi connectivity index (χ2v) is 3.44. The number of anilines is 1. The van der Waals surface area contributed by atoms with Gasteiger partial charge in [-0.2, -0.15) is 15.1 Å². The van der Waals surface area contributed by atoms with Crippen molar-refractivity contribution in [1.29, 1.82) is 0 Å². The van der Waals surface area contributed by atoms with Gasteiger partial charge in [-0.05, 0) is 18.5 Å². The molecule has 0 saturated carbocycles. The molecule has 2 rings (SSSR count). The molecule has 2 N–H and O–H groups in total. The quantitative estimate of drug-likeness (QED) is 0.612. The zero-order valence-electron chi connectivity index (χ0n) is 8.83. The van der Waals surface area contributed by atoms with Crippen LogP contribution in [0.15, 0.2) is 6.20 Å². The third-order valence-corrected chi connectivity index (χ3v) is 2.19. The van der Waals surface area contributed by atoms with Gasteiger partial charge in [0.15, 0.2) is 5.65 Å². The molecule has 86 valence electrons. The van der Waals surface area contributed by atoms with Gasteiger partial charge in [0, 0.05) is 13.2 Å². The number of nitrogens with zero attached hydrogens (tertiary/aromatic N) is 3. The molecule has 6 nitrogen and oxygen atoms in total. The van der Waals surface area contributed by atoms with Gasteiger partial charge in [0.05, 0.1) is 18.2 Å². The lowest BCUT2D eigenvalue weighted by molar-refractivity contribution is 0.158. The molecule has 0 bridgehead atoms. The van der Waals surface area contributed by atoms with E-state index in [0.29, 0.717) is 31.2 Å². The van der Waals surface area contributed by atoms with Gasteiger partial charge < -0.3 is 10.1 Å². The molecule has 0 spiro atoms. The van der Waals surface area contributed by atoms with Crippen molar-refractivity contribution >= 4 is 28.5 Å². The third kappa shape index (κ3) is 2.40. The maximum absolute atomic E-state index is 5.78. The van der Waals surface area contributed by atoms with Gasteiger partial charge in [-0.25, -0.2) is 0 Å². The summed E-state index contributed by atoms with van der Waals surface area (Å²) in [4.78, 5) is 8.10. The highest BCUT2D eigenvalue weighted by Gasteiger charge is 2.07. The Morgan fingerprint density at radius 1 is 1.50 bits per heavy atom. The van der Waals surface area contributed by atoms with E-state index in [9.17, 15) is 0 Å². The SMILES string of the molecule is CCOCCNc1nc(Cl)nc2[nH]ncc12. The molecule has 0 unspecified atom stereocenters. The fraction of sp³-hybridized carbons (Fsp3) is 0.444. The van der Waals surface area contributed by atoms with E-state index in [4.69, 9.17) is 16.3 Å². The Kier molecular flexibility index (Phi) is 3.53. The first kappa shape index (κ1) is 11.1. The van der Waals surface area contributed by atoms with E-state index in [2.05, 4.69) is 25.5 Å². The maximum atomic E-state index is 5.78. The minimum atomic E-state index is 0.190. The van der Waals surface area contributed by atoms with Crippen LogP contribution in [0.3, 0.4) is 0 Å². The van der Waals surface area contributed by atoms with E-state index < -0.39 is 0 Å². The molecule has 0 aliphatic carbocycles. The first-order chi connectivity index (χ1) is 7.81. The zero-order chi connectivity index (χ0) is 11.4. The van der Waals surface area contributed by atoms with E-state index >= 15 is 0 Å². The fourth-order valence-electron chi connectivity index (χ4n) is 1.33. The average Bonchev–Trinajstić information content (AvgIpc) is 2.72. The number of hydrogen-bond acceptors (Lipinski definition) is 5. The summed E-state index contributed by atoms with van der Waals surface area (Å²) in [5, 5.41) is 10.8. The topological polar surface area (TPSA) is 75.7 Å². The van der Waals surface area contributed by atoms with E-state index in [-0.39, 0.29) is 5.28 Å². The van der Waals surface area contributed by atoms with Crippen molar-refractivity contribution in [1.82, 2.24) is 20.2 Å². The monoisotopic (exact) mass is 241 g/mol. The predicted octanol–water partition coefficient (Wildman–Crippen LogP) is 1.45. The van der Waals surface area contributed by atoms with Crippen LogP contribution in [0.1, 0.15) is 6.92 Å². The predicted molar refractivity (Wildman–Crippen MR) is 61.7 cm³/mol. The van der Waals surface area contributed by atoms with Crippen molar-refractivity contribution in [2.45, 2.75) is 6.92 Å². The van der Waals surface area contributed by atoms with Crippen LogP contribution in [0.4, 0.5) is 5.82 Å². The summed E-state index contributed by atoms with van der Waals surface area (Å²) in [6, 6.07) is 0. The van der Waals surface area contributed by atoms with E-state index in [1.807, 2.05) is 6.92 Å². The molecule has 7 heteroatoms. The van der Waals surface area contributed by atoms with E-state index in [1.165, 1.54) is 0 Å². The maximum Gasteiger partial charge on any atom is 0.226 e. The Bertz CT molecular complexity index is 472. The molecule has 2 aromatic heterocycles. The molecule has 0 aliphatic heterocycles. The van der Waals surface area contributed by atoms with Crippen LogP contribution in [0.25, 0.3) is 11.0 Å². The number of halogens is 1. The van der Waals surface area contributed by atoms with Gasteiger partial charge in [-0.15, -0.1) is 0 Å². The minimum absolute atomic E-state index is 0.190. The second-order valence-electron chi connectivity index (χ2n) is 3.10. The fourth-order valence-corrected chi connectivity index (χ4v) is 1.50. The molecule has 0 atom stereocenters. The van der Waals surface area contributed by atoms with Gasteiger partial charge in [-0.3, -0.25) is 5.10 Å². The largest absolute Gasteiger partial charge is 0.380 e. The van der Waals surface area contributed by atoms with Crippen LogP contribution in [-0.2, 0) is 4.74 Å². The number of H-pyrrole nitrogens is 1. The summed E-state index contributed by atoms with van der Waals surface area (Å²) in [6.45, 7) is 3.95. The lowest BCUT2D eigenvalue weighted by atomic mass is 10.4. The molecule has 0 fully saturated rings. The number of rotatable bonds is 5. The van der Waals surface area contributed by atoms with Crippen molar-refractivity contribution in [3.63, 3.8) is 0 Å². The second kappa shape index (κ2) is 5.09. The standard InChI is InChI=1S/C9H12ClN5O/c1-2-16-4-3-11-7-6-5-12-15-8(6)14-9(10)13-7/h5H,2-4H2,1H3,(H2,11,12,13,14,15). The number of aromatic nitrogens is 4. The van der Waals surface area contributed by atoms with Crippen molar-refractivity contribution in [3.8, 4) is 0 Å². The van der Waals surface area contributed by atoms with Crippen LogP contribution in [0, 0.1) is 0 Å². The minimum Gasteiger partial charge on any atom is -0.380 e. The smallest absolute Gasteiger partial charge is 0.226 e. The van der Waals surface area contributed by atoms with Crippen LogP contribution in [0.5, 0.6) is 0 Å². The van der Waals surface area contributed by atoms with Gasteiger partial charge in [-0.1, -0.05) is 0 Å². The lowest BCUT2D eigenvalue weighted by Crippen LogP contribution is -2.10. The molecule has 0 radical (unpaired) electrons. The molecule has 0 amide bonds. The highest BCUT2D eigenvalue weighted by Crippen LogP contribution is 2.19. The molecule has 2 aromatic rings. The molecule has 0 aliphatic rings. The first-order valence-corrected chi connectivity index (χ1v) is 5.37. The number of hydrogen-bond donors (Lipinski definition) is 2. The van der Waals surface area contributed by atoms with Crippen molar-refractivity contribution in [2.75, 3.05) is 25.1 Å². The summed E-state index contributed by atoms with van der Waals surface area (Å²) in [7, 11) is 0. The Morgan fingerprint density at radius 3 is 3.19 bits per heavy atom. The lowest BCUT2D eigenvalue weighted by Gasteiger charge is -2.06. The molecule has 0 saturated heterocycles. The van der Waals surface area contributed by atoms with Gasteiger partial charge in [0.25, 0.3) is 0 Å². The Balaban J connectivity index is 2.12. The average molecular weight is 242 g/mol. The summed E-state index contributed by atoms with van der Waals surface area (Å²) in [6.07, 6.45) is 1.66. The van der Waals surface area contributed by atoms with Crippen molar-refractivity contribution in [3.05, 3.63) is 11.5 Å². The number of ether oxygens (including phenoxy) is 1. The molecule has 0 aromatic carbocycles. The summed E-state index contributed by atoms with van der Waals surface area (Å²) < 4.78 is 5.22. The Hall–Kier alpha value is -1.40. The molecule has 2 heterocycles. The zero-order valence-corrected chi connectivity index (χ0v) is 9.58. The normalized spacial score (nSPS) is 10.9. The van der Waals surface area contributed by atoms with Gasteiger partial charge in [0.2, 0.25) is 5.28 Å². The van der Waals surface area contributed by atoms with Crippen molar-refractivity contribution < 1.29 is 4.74 Å². The number of fused-ring (bicyclic) bond motifs is 1. The molecule has 16 heavy (non-hydrogen) atoms. The Labute approximate surface area is 97.4 Å². The third-order valence-electron chi connectivity index (χ3n) is 2.03. The van der Waals surface area contributed by atoms with Crippen LogP contribution >= 0.6 is 11.6 Å². The molecular formula is C9H12ClN5O. The Morgan fingerprint density at radius 2 is 2.38 bits per heavy atom. The molecular weight excluding hydrogens is 230 g/mol. The summed E-state index contributed by atoms with van der Waals surface area (Å²) >= 11 is 5.78. The van der Waals surface area contributed by atoms with Gasteiger partial charge in [0.1, 0.15) is 5.82 Å². The van der Waals surface area contributed by atoms with E-state index in [0.717, 1.165) is 5.39 Å². The highest BCUT2D eigenvalue weighted by atomic mass is 35.5. The highest BCUT2D eigenvalue weighted by molar-refractivity contribution is 6.28. The van der Waals surface area contributed by atoms with Crippen LogP contribution in [-0.4, -0.2) is 39.9 Å². The summed E-state index contributed by atoms with van der Waals surface area (Å²) in [5.74, 6) is 0.670.